The fraction of sp³-hybridized carbons (Fsp3) is 0.429. The highest BCUT2D eigenvalue weighted by Gasteiger charge is 2.33. The van der Waals surface area contributed by atoms with Crippen molar-refractivity contribution in [2.45, 2.75) is 58.7 Å². The van der Waals surface area contributed by atoms with E-state index in [9.17, 15) is 19.2 Å². The average molecular weight is 539 g/mol. The fourth-order valence-corrected chi connectivity index (χ4v) is 5.82. The van der Waals surface area contributed by atoms with E-state index in [1.54, 1.807) is 53.1 Å². The van der Waals surface area contributed by atoms with Crippen LogP contribution in [0, 0.1) is 0 Å². The second-order valence-electron chi connectivity index (χ2n) is 10.5. The van der Waals surface area contributed by atoms with Gasteiger partial charge in [-0.1, -0.05) is 0 Å². The lowest BCUT2D eigenvalue weighted by Crippen LogP contribution is -2.41. The maximum Gasteiger partial charge on any atom is 0.411 e. The lowest BCUT2D eigenvalue weighted by atomic mass is 10.0. The van der Waals surface area contributed by atoms with Gasteiger partial charge in [-0.15, -0.1) is 11.3 Å². The number of esters is 1. The monoisotopic (exact) mass is 538 g/mol. The minimum absolute atomic E-state index is 0.000437. The molecule has 10 heteroatoms. The van der Waals surface area contributed by atoms with Gasteiger partial charge >= 0.3 is 12.1 Å². The summed E-state index contributed by atoms with van der Waals surface area (Å²) < 4.78 is 18.4. The predicted octanol–water partition coefficient (Wildman–Crippen LogP) is 5.18. The van der Waals surface area contributed by atoms with E-state index in [1.165, 1.54) is 16.2 Å². The number of Topliss-reactive ketones (excluding diaryl/α,β-unsaturated/α-hetero) is 1. The van der Waals surface area contributed by atoms with Crippen LogP contribution in [-0.4, -0.2) is 53.2 Å². The number of pyridine rings is 1. The third-order valence-corrected chi connectivity index (χ3v) is 7.71. The number of benzene rings is 1. The van der Waals surface area contributed by atoms with E-state index in [0.29, 0.717) is 21.5 Å². The van der Waals surface area contributed by atoms with Crippen LogP contribution in [0.15, 0.2) is 29.2 Å². The van der Waals surface area contributed by atoms with E-state index in [4.69, 9.17) is 14.2 Å². The molecule has 1 aromatic carbocycles. The molecule has 0 saturated heterocycles. The van der Waals surface area contributed by atoms with Crippen molar-refractivity contribution in [3.63, 3.8) is 0 Å². The first kappa shape index (κ1) is 26.0. The molecule has 38 heavy (non-hydrogen) atoms. The van der Waals surface area contributed by atoms with Gasteiger partial charge in [0.05, 0.1) is 42.6 Å². The lowest BCUT2D eigenvalue weighted by Gasteiger charge is -2.29. The highest BCUT2D eigenvalue weighted by atomic mass is 32.1. The van der Waals surface area contributed by atoms with E-state index in [-0.39, 0.29) is 37.1 Å². The largest absolute Gasteiger partial charge is 0.494 e. The first-order valence-electron chi connectivity index (χ1n) is 12.6. The van der Waals surface area contributed by atoms with Crippen molar-refractivity contribution in [2.75, 3.05) is 20.3 Å². The Hall–Kier alpha value is -3.66. The van der Waals surface area contributed by atoms with Gasteiger partial charge in [0, 0.05) is 22.7 Å². The highest BCUT2D eigenvalue weighted by molar-refractivity contribution is 7.17. The Morgan fingerprint density at radius 3 is 2.50 bits per heavy atom. The molecule has 1 fully saturated rings. The summed E-state index contributed by atoms with van der Waals surface area (Å²) in [5, 5.41) is 0.372. The maximum absolute atomic E-state index is 13.3. The van der Waals surface area contributed by atoms with E-state index in [0.717, 1.165) is 28.8 Å². The lowest BCUT2D eigenvalue weighted by molar-refractivity contribution is 0.0221. The van der Waals surface area contributed by atoms with Gasteiger partial charge in [0.25, 0.3) is 0 Å². The van der Waals surface area contributed by atoms with Crippen LogP contribution >= 0.6 is 11.3 Å². The molecule has 0 atom stereocenters. The van der Waals surface area contributed by atoms with Crippen LogP contribution in [-0.2, 0) is 16.0 Å². The molecular weight excluding hydrogens is 508 g/mol. The van der Waals surface area contributed by atoms with Crippen LogP contribution in [0.4, 0.5) is 4.79 Å². The predicted molar refractivity (Wildman–Crippen MR) is 143 cm³/mol. The number of rotatable bonds is 5. The van der Waals surface area contributed by atoms with E-state index < -0.39 is 23.1 Å². The second kappa shape index (κ2) is 9.58. The smallest absolute Gasteiger partial charge is 0.411 e. The van der Waals surface area contributed by atoms with Gasteiger partial charge in [-0.3, -0.25) is 14.5 Å². The quantitative estimate of drug-likeness (QED) is 0.412. The third kappa shape index (κ3) is 4.69. The number of hydrogen-bond donors (Lipinski definition) is 0. The van der Waals surface area contributed by atoms with E-state index in [2.05, 4.69) is 0 Å². The molecular formula is C28H30N2O7S. The molecule has 1 amide bonds. The summed E-state index contributed by atoms with van der Waals surface area (Å²) >= 11 is 1.34. The van der Waals surface area contributed by atoms with Gasteiger partial charge in [0.1, 0.15) is 11.2 Å². The van der Waals surface area contributed by atoms with Gasteiger partial charge in [0.15, 0.2) is 11.5 Å². The number of hydrogen-bond acceptors (Lipinski definition) is 8. The number of methoxy groups -OCH3 is 1. The van der Waals surface area contributed by atoms with Crippen LogP contribution in [0.1, 0.15) is 72.2 Å². The number of aromatic nitrogens is 1. The summed E-state index contributed by atoms with van der Waals surface area (Å²) in [5.74, 6) is -0.296. The Morgan fingerprint density at radius 1 is 1.13 bits per heavy atom. The van der Waals surface area contributed by atoms with Gasteiger partial charge < -0.3 is 18.8 Å². The minimum Gasteiger partial charge on any atom is -0.494 e. The molecule has 1 saturated carbocycles. The fourth-order valence-electron chi connectivity index (χ4n) is 4.69. The average Bonchev–Trinajstić information content (AvgIpc) is 3.60. The number of fused-ring (bicyclic) bond motifs is 2. The molecule has 2 aromatic heterocycles. The van der Waals surface area contributed by atoms with Crippen molar-refractivity contribution in [3.05, 3.63) is 50.6 Å². The topological polar surface area (TPSA) is 104 Å². The molecule has 0 unspecified atom stereocenters. The number of thiophene rings is 1. The summed E-state index contributed by atoms with van der Waals surface area (Å²) in [6.07, 6.45) is 2.90. The van der Waals surface area contributed by atoms with E-state index >= 15 is 0 Å². The molecule has 0 radical (unpaired) electrons. The molecule has 200 valence electrons. The van der Waals surface area contributed by atoms with Crippen LogP contribution in [0.3, 0.4) is 0 Å². The number of ketones is 1. The molecule has 2 aliphatic rings. The number of amides is 1. The van der Waals surface area contributed by atoms with Gasteiger partial charge in [-0.25, -0.2) is 9.59 Å². The Kier molecular flexibility index (Phi) is 6.54. The van der Waals surface area contributed by atoms with Gasteiger partial charge in [-0.2, -0.15) is 0 Å². The summed E-state index contributed by atoms with van der Waals surface area (Å²) in [6, 6.07) is 5.52. The van der Waals surface area contributed by atoms with Crippen molar-refractivity contribution in [3.8, 4) is 16.2 Å². The normalized spacial score (nSPS) is 15.4. The molecule has 1 aliphatic heterocycles. The minimum atomic E-state index is -0.664. The zero-order valence-electron chi connectivity index (χ0n) is 22.1. The number of ether oxygens (including phenoxy) is 3. The molecule has 9 nitrogen and oxygen atoms in total. The molecule has 3 heterocycles. The third-order valence-electron chi connectivity index (χ3n) is 6.46. The number of carbonyl (C=O) groups excluding carboxylic acids is 3. The molecule has 0 bridgehead atoms. The van der Waals surface area contributed by atoms with Gasteiger partial charge in [0.2, 0.25) is 5.43 Å². The Balaban J connectivity index is 1.60. The van der Waals surface area contributed by atoms with Crippen molar-refractivity contribution >= 4 is 40.1 Å². The highest BCUT2D eigenvalue weighted by Crippen LogP contribution is 2.45. The SMILES string of the molecule is CCOC(=O)c1cn(C2CC2)c2c(OC)c(-c3cc4c(s3)C(=O)CN(C(=O)OC(C)(C)C)C4)ccc2c1=O. The molecule has 0 N–H and O–H groups in total. The summed E-state index contributed by atoms with van der Waals surface area (Å²) in [7, 11) is 1.54. The first-order valence-corrected chi connectivity index (χ1v) is 13.4. The van der Waals surface area contributed by atoms with Crippen molar-refractivity contribution < 1.29 is 28.6 Å². The van der Waals surface area contributed by atoms with Crippen LogP contribution in [0.25, 0.3) is 21.3 Å². The van der Waals surface area contributed by atoms with Crippen molar-refractivity contribution in [1.29, 1.82) is 0 Å². The zero-order chi connectivity index (χ0) is 27.4. The van der Waals surface area contributed by atoms with E-state index in [1.807, 2.05) is 10.6 Å². The number of carbonyl (C=O) groups is 3. The van der Waals surface area contributed by atoms with Crippen LogP contribution in [0.2, 0.25) is 0 Å². The summed E-state index contributed by atoms with van der Waals surface area (Å²) in [6.45, 7) is 7.45. The standard InChI is InChI=1S/C28H30N2O7S/c1-6-36-26(33)19-13-30(16-7-8-16)22-18(23(19)32)10-9-17(24(22)35-5)21-11-15-12-29(14-20(31)25(15)38-21)27(34)37-28(2,3)4/h9-11,13,16H,6-8,12,14H2,1-5H3. The van der Waals surface area contributed by atoms with Crippen molar-refractivity contribution in [2.24, 2.45) is 0 Å². The molecule has 5 rings (SSSR count). The van der Waals surface area contributed by atoms with Crippen LogP contribution < -0.4 is 10.2 Å². The Morgan fingerprint density at radius 2 is 1.87 bits per heavy atom. The molecule has 0 spiro atoms. The maximum atomic E-state index is 13.3. The second-order valence-corrected chi connectivity index (χ2v) is 11.6. The molecule has 1 aliphatic carbocycles. The Labute approximate surface area is 223 Å². The summed E-state index contributed by atoms with van der Waals surface area (Å²) in [4.78, 5) is 54.2. The Bertz CT molecular complexity index is 1520. The molecule has 3 aromatic rings. The van der Waals surface area contributed by atoms with Crippen LogP contribution in [0.5, 0.6) is 5.75 Å². The first-order chi connectivity index (χ1) is 18.0. The van der Waals surface area contributed by atoms with Gasteiger partial charge in [-0.05, 0) is 64.3 Å². The van der Waals surface area contributed by atoms with Crippen molar-refractivity contribution in [1.82, 2.24) is 9.47 Å². The number of nitrogens with zero attached hydrogens (tertiary/aromatic N) is 2. The summed E-state index contributed by atoms with van der Waals surface area (Å²) in [5.41, 5.74) is 1.01. The zero-order valence-corrected chi connectivity index (χ0v) is 22.9.